The van der Waals surface area contributed by atoms with Crippen LogP contribution in [0.3, 0.4) is 0 Å². The maximum absolute atomic E-state index is 13.6. The van der Waals surface area contributed by atoms with E-state index in [1.165, 1.54) is 42.5 Å². The van der Waals surface area contributed by atoms with Gasteiger partial charge in [-0.25, -0.2) is 12.8 Å². The van der Waals surface area contributed by atoms with E-state index in [1.54, 1.807) is 19.1 Å². The molecule has 2 aromatic rings. The van der Waals surface area contributed by atoms with Gasteiger partial charge in [-0.05, 0) is 42.8 Å². The molecule has 2 aromatic carbocycles. The second-order valence-electron chi connectivity index (χ2n) is 5.54. The van der Waals surface area contributed by atoms with Crippen LogP contribution in [0.15, 0.2) is 53.4 Å². The molecule has 0 aliphatic carbocycles. The van der Waals surface area contributed by atoms with E-state index < -0.39 is 21.6 Å². The first-order valence-electron chi connectivity index (χ1n) is 7.41. The van der Waals surface area contributed by atoms with Crippen LogP contribution in [0.2, 0.25) is 5.02 Å². The van der Waals surface area contributed by atoms with Gasteiger partial charge in [-0.1, -0.05) is 29.8 Å². The Labute approximate surface area is 151 Å². The third kappa shape index (κ3) is 5.14. The Bertz CT molecular complexity index is 888. The first-order valence-corrected chi connectivity index (χ1v) is 9.68. The second-order valence-corrected chi connectivity index (χ2v) is 7.96. The van der Waals surface area contributed by atoms with Crippen LogP contribution in [0.25, 0.3) is 6.08 Å². The van der Waals surface area contributed by atoms with Crippen LogP contribution in [0.1, 0.15) is 24.1 Å². The third-order valence-corrected chi connectivity index (χ3v) is 5.03. The number of amides is 1. The molecule has 132 valence electrons. The number of hydrogen-bond donors (Lipinski definition) is 1. The predicted octanol–water partition coefficient (Wildman–Crippen LogP) is 3.77. The van der Waals surface area contributed by atoms with Gasteiger partial charge in [0.2, 0.25) is 5.91 Å². The maximum atomic E-state index is 13.6. The first-order chi connectivity index (χ1) is 11.7. The zero-order valence-electron chi connectivity index (χ0n) is 13.7. The van der Waals surface area contributed by atoms with Crippen molar-refractivity contribution < 1.29 is 17.6 Å². The van der Waals surface area contributed by atoms with Gasteiger partial charge in [0.15, 0.2) is 9.84 Å². The van der Waals surface area contributed by atoms with E-state index in [0.717, 1.165) is 11.8 Å². The van der Waals surface area contributed by atoms with Crippen LogP contribution in [-0.2, 0) is 14.6 Å². The van der Waals surface area contributed by atoms with Gasteiger partial charge in [-0.3, -0.25) is 4.79 Å². The SMILES string of the molecule is CC(NC(=O)C=Cc1c(F)cccc1Cl)c1ccc(S(C)(=O)=O)cc1. The monoisotopic (exact) mass is 381 g/mol. The smallest absolute Gasteiger partial charge is 0.244 e. The van der Waals surface area contributed by atoms with Gasteiger partial charge in [0, 0.05) is 17.9 Å². The van der Waals surface area contributed by atoms with E-state index in [2.05, 4.69) is 5.32 Å². The molecule has 0 saturated carbocycles. The lowest BCUT2D eigenvalue weighted by Gasteiger charge is -2.13. The van der Waals surface area contributed by atoms with Gasteiger partial charge >= 0.3 is 0 Å². The van der Waals surface area contributed by atoms with Crippen molar-refractivity contribution in [1.82, 2.24) is 5.32 Å². The summed E-state index contributed by atoms with van der Waals surface area (Å²) in [5.41, 5.74) is 0.891. The normalized spacial score (nSPS) is 13.0. The summed E-state index contributed by atoms with van der Waals surface area (Å²) in [6.07, 6.45) is 3.64. The van der Waals surface area contributed by atoms with Crippen LogP contribution in [0, 0.1) is 5.82 Å². The molecular weight excluding hydrogens is 365 g/mol. The predicted molar refractivity (Wildman–Crippen MR) is 96.6 cm³/mol. The molecule has 0 aliphatic rings. The molecule has 0 bridgehead atoms. The van der Waals surface area contributed by atoms with Crippen molar-refractivity contribution in [2.45, 2.75) is 17.9 Å². The molecule has 0 aromatic heterocycles. The molecule has 0 radical (unpaired) electrons. The summed E-state index contributed by atoms with van der Waals surface area (Å²) in [7, 11) is -3.26. The Kier molecular flexibility index (Phi) is 5.98. The Morgan fingerprint density at radius 3 is 2.40 bits per heavy atom. The molecule has 1 amide bonds. The molecular formula is C18H17ClFNO3S. The van der Waals surface area contributed by atoms with Crippen molar-refractivity contribution in [3.8, 4) is 0 Å². The fourth-order valence-electron chi connectivity index (χ4n) is 2.18. The zero-order valence-corrected chi connectivity index (χ0v) is 15.2. The van der Waals surface area contributed by atoms with Gasteiger partial charge < -0.3 is 5.32 Å². The minimum atomic E-state index is -3.26. The van der Waals surface area contributed by atoms with Gasteiger partial charge in [0.25, 0.3) is 0 Å². The fourth-order valence-corrected chi connectivity index (χ4v) is 3.03. The van der Waals surface area contributed by atoms with Crippen molar-refractivity contribution in [1.29, 1.82) is 0 Å². The van der Waals surface area contributed by atoms with Crippen LogP contribution in [0.4, 0.5) is 4.39 Å². The Morgan fingerprint density at radius 2 is 1.84 bits per heavy atom. The van der Waals surface area contributed by atoms with Crippen molar-refractivity contribution in [3.05, 3.63) is 70.5 Å². The highest BCUT2D eigenvalue weighted by Crippen LogP contribution is 2.20. The molecule has 0 spiro atoms. The Hall–Kier alpha value is -2.18. The van der Waals surface area contributed by atoms with Gasteiger partial charge in [-0.2, -0.15) is 0 Å². The zero-order chi connectivity index (χ0) is 18.6. The van der Waals surface area contributed by atoms with E-state index >= 15 is 0 Å². The van der Waals surface area contributed by atoms with E-state index in [9.17, 15) is 17.6 Å². The van der Waals surface area contributed by atoms with Crippen LogP contribution >= 0.6 is 11.6 Å². The summed E-state index contributed by atoms with van der Waals surface area (Å²) < 4.78 is 36.5. The number of carbonyl (C=O) groups excluding carboxylic acids is 1. The standard InChI is InChI=1S/C18H17ClFNO3S/c1-12(13-6-8-14(9-7-13)25(2,23)24)21-18(22)11-10-15-16(19)4-3-5-17(15)20/h3-12H,1-2H3,(H,21,22). The molecule has 0 heterocycles. The highest BCUT2D eigenvalue weighted by Gasteiger charge is 2.11. The van der Waals surface area contributed by atoms with E-state index in [0.29, 0.717) is 0 Å². The van der Waals surface area contributed by atoms with E-state index in [1.807, 2.05) is 0 Å². The molecule has 0 saturated heterocycles. The Morgan fingerprint density at radius 1 is 1.20 bits per heavy atom. The summed E-state index contributed by atoms with van der Waals surface area (Å²) >= 11 is 5.89. The van der Waals surface area contributed by atoms with Crippen molar-refractivity contribution in [2.75, 3.05) is 6.26 Å². The number of nitrogens with one attached hydrogen (secondary N) is 1. The molecule has 0 fully saturated rings. The summed E-state index contributed by atoms with van der Waals surface area (Å²) in [5, 5.41) is 2.94. The largest absolute Gasteiger partial charge is 0.346 e. The maximum Gasteiger partial charge on any atom is 0.244 e. The molecule has 7 heteroatoms. The topological polar surface area (TPSA) is 63.2 Å². The number of rotatable bonds is 5. The summed E-state index contributed by atoms with van der Waals surface area (Å²) in [6.45, 7) is 1.76. The van der Waals surface area contributed by atoms with Crippen molar-refractivity contribution in [2.24, 2.45) is 0 Å². The van der Waals surface area contributed by atoms with Crippen LogP contribution < -0.4 is 5.32 Å². The van der Waals surface area contributed by atoms with Crippen molar-refractivity contribution in [3.63, 3.8) is 0 Å². The van der Waals surface area contributed by atoms with Crippen LogP contribution in [-0.4, -0.2) is 20.6 Å². The van der Waals surface area contributed by atoms with Gasteiger partial charge in [-0.15, -0.1) is 0 Å². The lowest BCUT2D eigenvalue weighted by atomic mass is 10.1. The minimum Gasteiger partial charge on any atom is -0.346 e. The Balaban J connectivity index is 2.06. The third-order valence-electron chi connectivity index (χ3n) is 3.57. The number of hydrogen-bond acceptors (Lipinski definition) is 3. The van der Waals surface area contributed by atoms with Crippen molar-refractivity contribution >= 4 is 33.4 Å². The quantitative estimate of drug-likeness (QED) is 0.802. The van der Waals surface area contributed by atoms with E-state index in [4.69, 9.17) is 11.6 Å². The fraction of sp³-hybridized carbons (Fsp3) is 0.167. The summed E-state index contributed by atoms with van der Waals surface area (Å²) in [6, 6.07) is 10.2. The van der Waals surface area contributed by atoms with Crippen LogP contribution in [0.5, 0.6) is 0 Å². The average Bonchev–Trinajstić information content (AvgIpc) is 2.53. The number of carbonyl (C=O) groups is 1. The molecule has 25 heavy (non-hydrogen) atoms. The highest BCUT2D eigenvalue weighted by atomic mass is 35.5. The molecule has 0 aliphatic heterocycles. The minimum absolute atomic E-state index is 0.143. The number of halogens is 2. The lowest BCUT2D eigenvalue weighted by Crippen LogP contribution is -2.24. The molecule has 1 N–H and O–H groups in total. The second kappa shape index (κ2) is 7.80. The lowest BCUT2D eigenvalue weighted by molar-refractivity contribution is -0.117. The van der Waals surface area contributed by atoms with Gasteiger partial charge in [0.05, 0.1) is 16.0 Å². The number of sulfone groups is 1. The van der Waals surface area contributed by atoms with E-state index in [-0.39, 0.29) is 21.5 Å². The highest BCUT2D eigenvalue weighted by molar-refractivity contribution is 7.90. The van der Waals surface area contributed by atoms with Gasteiger partial charge in [0.1, 0.15) is 5.82 Å². The number of benzene rings is 2. The molecule has 2 rings (SSSR count). The average molecular weight is 382 g/mol. The molecule has 4 nitrogen and oxygen atoms in total. The molecule has 1 atom stereocenters. The summed E-state index contributed by atoms with van der Waals surface area (Å²) in [4.78, 5) is 12.2. The summed E-state index contributed by atoms with van der Waals surface area (Å²) in [5.74, 6) is -0.931. The molecule has 1 unspecified atom stereocenters. The first kappa shape index (κ1) is 19.1.